The Hall–Kier alpha value is -1.72. The monoisotopic (exact) mass is 399 g/mol. The number of ether oxygens (including phenoxy) is 3. The van der Waals surface area contributed by atoms with E-state index in [1.807, 2.05) is 6.92 Å². The summed E-state index contributed by atoms with van der Waals surface area (Å²) in [6, 6.07) is 5.23. The summed E-state index contributed by atoms with van der Waals surface area (Å²) in [5.41, 5.74) is 9.71. The van der Waals surface area contributed by atoms with Crippen LogP contribution in [0.5, 0.6) is 0 Å². The van der Waals surface area contributed by atoms with E-state index in [4.69, 9.17) is 23.9 Å². The van der Waals surface area contributed by atoms with E-state index in [-0.39, 0.29) is 4.90 Å². The van der Waals surface area contributed by atoms with Crippen molar-refractivity contribution in [3.05, 3.63) is 40.3 Å². The van der Waals surface area contributed by atoms with E-state index in [9.17, 15) is 13.5 Å². The summed E-state index contributed by atoms with van der Waals surface area (Å²) in [5, 5.41) is 14.0. The molecule has 27 heavy (non-hydrogen) atoms. The molecule has 0 aliphatic carbocycles. The van der Waals surface area contributed by atoms with Crippen LogP contribution in [0.3, 0.4) is 0 Å². The largest absolute Gasteiger partial charge is 0.388 e. The molecule has 2 aliphatic rings. The summed E-state index contributed by atoms with van der Waals surface area (Å²) < 4.78 is 46.3. The lowest BCUT2D eigenvalue weighted by molar-refractivity contribution is -0.216. The third-order valence-electron chi connectivity index (χ3n) is 4.32. The number of benzene rings is 1. The van der Waals surface area contributed by atoms with E-state index in [0.717, 1.165) is 5.56 Å². The van der Waals surface area contributed by atoms with Gasteiger partial charge in [-0.3, -0.25) is 4.18 Å². The van der Waals surface area contributed by atoms with Crippen LogP contribution in [-0.4, -0.2) is 56.6 Å². The number of azide groups is 1. The molecule has 2 saturated heterocycles. The van der Waals surface area contributed by atoms with Crippen LogP contribution in [0.25, 0.3) is 10.4 Å². The van der Waals surface area contributed by atoms with Gasteiger partial charge in [-0.2, -0.15) is 8.42 Å². The van der Waals surface area contributed by atoms with Crippen LogP contribution < -0.4 is 0 Å². The Labute approximate surface area is 156 Å². The van der Waals surface area contributed by atoms with E-state index in [0.29, 0.717) is 0 Å². The number of hydrogen-bond acceptors (Lipinski definition) is 8. The zero-order valence-corrected chi connectivity index (χ0v) is 15.9. The molecule has 5 atom stereocenters. The van der Waals surface area contributed by atoms with Gasteiger partial charge in [0.25, 0.3) is 10.1 Å². The molecule has 0 amide bonds. The molecule has 2 fully saturated rings. The van der Waals surface area contributed by atoms with Gasteiger partial charge < -0.3 is 19.3 Å². The minimum atomic E-state index is -4.05. The molecule has 1 N–H and O–H groups in total. The van der Waals surface area contributed by atoms with Crippen molar-refractivity contribution in [2.75, 3.05) is 6.61 Å². The minimum absolute atomic E-state index is 0.0236. The zero-order chi connectivity index (χ0) is 19.8. The van der Waals surface area contributed by atoms with Crippen molar-refractivity contribution < 1.29 is 31.9 Å². The third kappa shape index (κ3) is 4.25. The number of hydrogen-bond donors (Lipinski definition) is 1. The molecule has 0 radical (unpaired) electrons. The Morgan fingerprint density at radius 2 is 2.00 bits per heavy atom. The van der Waals surface area contributed by atoms with Gasteiger partial charge in [0.1, 0.15) is 18.3 Å². The van der Waals surface area contributed by atoms with Gasteiger partial charge in [0.15, 0.2) is 12.1 Å². The fourth-order valence-corrected chi connectivity index (χ4v) is 3.98. The second-order valence-electron chi connectivity index (χ2n) is 6.88. The number of nitrogens with zero attached hydrogens (tertiary/aromatic N) is 3. The smallest absolute Gasteiger partial charge is 0.297 e. The van der Waals surface area contributed by atoms with Crippen molar-refractivity contribution >= 4 is 10.1 Å². The first kappa shape index (κ1) is 20.0. The van der Waals surface area contributed by atoms with Gasteiger partial charge in [-0.1, -0.05) is 22.8 Å². The number of aliphatic hydroxyl groups is 1. The molecule has 2 heterocycles. The summed E-state index contributed by atoms with van der Waals surface area (Å²) in [7, 11) is -4.05. The summed E-state index contributed by atoms with van der Waals surface area (Å²) in [4.78, 5) is 2.74. The van der Waals surface area contributed by atoms with Gasteiger partial charge >= 0.3 is 0 Å². The molecule has 3 rings (SSSR count). The molecule has 1 aromatic carbocycles. The Kier molecular flexibility index (Phi) is 5.46. The van der Waals surface area contributed by atoms with Crippen LogP contribution in [0.4, 0.5) is 0 Å². The highest BCUT2D eigenvalue weighted by Gasteiger charge is 2.56. The second-order valence-corrected chi connectivity index (χ2v) is 8.50. The molecule has 10 nitrogen and oxygen atoms in total. The summed E-state index contributed by atoms with van der Waals surface area (Å²) in [6.45, 7) is 4.63. The maximum atomic E-state index is 12.2. The van der Waals surface area contributed by atoms with Crippen molar-refractivity contribution in [3.8, 4) is 0 Å². The lowest BCUT2D eigenvalue weighted by Gasteiger charge is -2.26. The number of aryl methyl sites for hydroxylation is 1. The topological polar surface area (TPSA) is 140 Å². The van der Waals surface area contributed by atoms with Crippen LogP contribution in [0.15, 0.2) is 34.3 Å². The first-order chi connectivity index (χ1) is 12.6. The average Bonchev–Trinajstić information content (AvgIpc) is 3.06. The summed E-state index contributed by atoms with van der Waals surface area (Å²) >= 11 is 0. The molecule has 0 spiro atoms. The molecule has 0 aromatic heterocycles. The minimum Gasteiger partial charge on any atom is -0.388 e. The molecule has 148 valence electrons. The molecular formula is C16H21N3O7S. The van der Waals surface area contributed by atoms with Crippen LogP contribution in [0.2, 0.25) is 0 Å². The summed E-state index contributed by atoms with van der Waals surface area (Å²) in [6.07, 6.45) is -3.94. The SMILES string of the molecule is Cc1ccc(S(=O)(=O)OC[C@@H](O)C2O[C@@H]3OC(C)(C)O[C@@H]3[C@H]2N=[N+]=[N-])cc1. The molecule has 11 heteroatoms. The van der Waals surface area contributed by atoms with E-state index in [2.05, 4.69) is 10.0 Å². The first-order valence-corrected chi connectivity index (χ1v) is 9.73. The lowest BCUT2D eigenvalue weighted by Crippen LogP contribution is -2.42. The van der Waals surface area contributed by atoms with E-state index in [1.165, 1.54) is 12.1 Å². The maximum absolute atomic E-state index is 12.2. The van der Waals surface area contributed by atoms with Crippen molar-refractivity contribution in [2.24, 2.45) is 5.11 Å². The number of fused-ring (bicyclic) bond motifs is 1. The quantitative estimate of drug-likeness (QED) is 0.332. The van der Waals surface area contributed by atoms with Gasteiger partial charge in [-0.15, -0.1) is 0 Å². The van der Waals surface area contributed by atoms with Gasteiger partial charge in [-0.05, 0) is 38.4 Å². The van der Waals surface area contributed by atoms with E-state index < -0.39 is 53.2 Å². The predicted octanol–water partition coefficient (Wildman–Crippen LogP) is 1.62. The normalized spacial score (nSPS) is 30.5. The Morgan fingerprint density at radius 3 is 2.63 bits per heavy atom. The van der Waals surface area contributed by atoms with Gasteiger partial charge in [0.2, 0.25) is 0 Å². The third-order valence-corrected chi connectivity index (χ3v) is 5.62. The molecule has 1 aromatic rings. The number of aliphatic hydroxyl groups excluding tert-OH is 1. The average molecular weight is 399 g/mol. The fourth-order valence-electron chi connectivity index (χ4n) is 3.05. The molecular weight excluding hydrogens is 378 g/mol. The summed E-state index contributed by atoms with van der Waals surface area (Å²) in [5.74, 6) is -0.917. The van der Waals surface area contributed by atoms with E-state index >= 15 is 0 Å². The first-order valence-electron chi connectivity index (χ1n) is 8.32. The van der Waals surface area contributed by atoms with Crippen molar-refractivity contribution in [1.29, 1.82) is 0 Å². The standard InChI is InChI=1S/C16H21N3O7S/c1-9-4-6-10(7-5-9)27(21,22)23-8-11(20)13-12(18-19-17)14-15(24-13)26-16(2,3)25-14/h4-7,11-15,20H,8H2,1-3H3/t11-,12+,13?,14-,15-/m1/s1. The molecule has 0 saturated carbocycles. The van der Waals surface area contributed by atoms with Crippen molar-refractivity contribution in [2.45, 2.75) is 62.1 Å². The van der Waals surface area contributed by atoms with Crippen LogP contribution in [0, 0.1) is 6.92 Å². The highest BCUT2D eigenvalue weighted by molar-refractivity contribution is 7.86. The maximum Gasteiger partial charge on any atom is 0.297 e. The number of rotatable bonds is 6. The van der Waals surface area contributed by atoms with Gasteiger partial charge in [0.05, 0.1) is 17.5 Å². The molecule has 0 bridgehead atoms. The fraction of sp³-hybridized carbons (Fsp3) is 0.625. The predicted molar refractivity (Wildman–Crippen MR) is 92.0 cm³/mol. The van der Waals surface area contributed by atoms with Gasteiger partial charge in [-0.25, -0.2) is 0 Å². The van der Waals surface area contributed by atoms with Gasteiger partial charge in [0, 0.05) is 4.91 Å². The molecule has 2 aliphatic heterocycles. The molecule has 1 unspecified atom stereocenters. The van der Waals surface area contributed by atoms with E-state index in [1.54, 1.807) is 26.0 Å². The van der Waals surface area contributed by atoms with Crippen LogP contribution in [-0.2, 0) is 28.5 Å². The van der Waals surface area contributed by atoms with Crippen molar-refractivity contribution in [1.82, 2.24) is 0 Å². The Bertz CT molecular complexity index is 836. The Morgan fingerprint density at radius 1 is 1.33 bits per heavy atom. The highest BCUT2D eigenvalue weighted by Crippen LogP contribution is 2.39. The van der Waals surface area contributed by atoms with Crippen molar-refractivity contribution in [3.63, 3.8) is 0 Å². The zero-order valence-electron chi connectivity index (χ0n) is 15.0. The highest BCUT2D eigenvalue weighted by atomic mass is 32.2. The van der Waals surface area contributed by atoms with Crippen LogP contribution >= 0.6 is 0 Å². The van der Waals surface area contributed by atoms with Crippen LogP contribution in [0.1, 0.15) is 19.4 Å². The lowest BCUT2D eigenvalue weighted by atomic mass is 10.0. The second kappa shape index (κ2) is 7.36. The Balaban J connectivity index is 1.68.